The fourth-order valence-electron chi connectivity index (χ4n) is 2.93. The average molecular weight is 362 g/mol. The largest absolute Gasteiger partial charge is 0.494 e. The number of hydrogen-bond donors (Lipinski definition) is 1. The SMILES string of the molecule is CCOc1ccc2nc(N3CCN(CCNC(=O)CC)CC3)sc2c1. The first-order valence-corrected chi connectivity index (χ1v) is 9.78. The molecule has 1 aromatic carbocycles. The molecule has 0 unspecified atom stereocenters. The van der Waals surface area contributed by atoms with Gasteiger partial charge in [0.1, 0.15) is 5.75 Å². The zero-order chi connectivity index (χ0) is 17.6. The number of fused-ring (bicyclic) bond motifs is 1. The molecule has 3 rings (SSSR count). The van der Waals surface area contributed by atoms with Gasteiger partial charge in [-0.2, -0.15) is 0 Å². The third-order valence-electron chi connectivity index (χ3n) is 4.37. The van der Waals surface area contributed by atoms with Gasteiger partial charge in [-0.3, -0.25) is 9.69 Å². The van der Waals surface area contributed by atoms with E-state index in [0.29, 0.717) is 13.0 Å². The lowest BCUT2D eigenvalue weighted by molar-refractivity contribution is -0.120. The summed E-state index contributed by atoms with van der Waals surface area (Å²) in [5.41, 5.74) is 1.04. The fourth-order valence-corrected chi connectivity index (χ4v) is 3.97. The summed E-state index contributed by atoms with van der Waals surface area (Å²) < 4.78 is 6.75. The van der Waals surface area contributed by atoms with Gasteiger partial charge in [0.05, 0.1) is 16.8 Å². The van der Waals surface area contributed by atoms with Crippen molar-refractivity contribution in [3.8, 4) is 5.75 Å². The molecular formula is C18H26N4O2S. The first kappa shape index (κ1) is 17.9. The fraction of sp³-hybridized carbons (Fsp3) is 0.556. The second kappa shape index (κ2) is 8.49. The van der Waals surface area contributed by atoms with Gasteiger partial charge in [-0.15, -0.1) is 0 Å². The van der Waals surface area contributed by atoms with Crippen molar-refractivity contribution in [1.82, 2.24) is 15.2 Å². The van der Waals surface area contributed by atoms with E-state index >= 15 is 0 Å². The molecule has 136 valence electrons. The molecule has 1 saturated heterocycles. The van der Waals surface area contributed by atoms with Crippen LogP contribution in [-0.2, 0) is 4.79 Å². The van der Waals surface area contributed by atoms with Crippen LogP contribution in [0.5, 0.6) is 5.75 Å². The summed E-state index contributed by atoms with van der Waals surface area (Å²) in [6.45, 7) is 10.1. The third-order valence-corrected chi connectivity index (χ3v) is 5.45. The number of piperazine rings is 1. The standard InChI is InChI=1S/C18H26N4O2S/c1-3-17(23)19-7-8-21-9-11-22(12-10-21)18-20-15-6-5-14(24-4-2)13-16(15)25-18/h5-6,13H,3-4,7-12H2,1-2H3,(H,19,23). The number of benzene rings is 1. The van der Waals surface area contributed by atoms with Gasteiger partial charge in [0.15, 0.2) is 5.13 Å². The van der Waals surface area contributed by atoms with Crippen molar-refractivity contribution in [2.75, 3.05) is 50.8 Å². The molecule has 1 N–H and O–H groups in total. The molecular weight excluding hydrogens is 336 g/mol. The lowest BCUT2D eigenvalue weighted by Crippen LogP contribution is -2.48. The first-order chi connectivity index (χ1) is 12.2. The minimum absolute atomic E-state index is 0.125. The molecule has 1 aliphatic heterocycles. The van der Waals surface area contributed by atoms with Crippen LogP contribution in [0.3, 0.4) is 0 Å². The number of nitrogens with one attached hydrogen (secondary N) is 1. The maximum Gasteiger partial charge on any atom is 0.219 e. The molecule has 25 heavy (non-hydrogen) atoms. The van der Waals surface area contributed by atoms with Crippen molar-refractivity contribution in [3.63, 3.8) is 0 Å². The molecule has 7 heteroatoms. The number of anilines is 1. The number of carbonyl (C=O) groups is 1. The van der Waals surface area contributed by atoms with Crippen LogP contribution in [0.4, 0.5) is 5.13 Å². The van der Waals surface area contributed by atoms with Crippen molar-refractivity contribution >= 4 is 32.6 Å². The van der Waals surface area contributed by atoms with E-state index in [-0.39, 0.29) is 5.91 Å². The van der Waals surface area contributed by atoms with E-state index in [0.717, 1.165) is 55.7 Å². The van der Waals surface area contributed by atoms with Gasteiger partial charge >= 0.3 is 0 Å². The maximum absolute atomic E-state index is 11.3. The lowest BCUT2D eigenvalue weighted by atomic mass is 10.3. The van der Waals surface area contributed by atoms with Gasteiger partial charge in [-0.1, -0.05) is 18.3 Å². The summed E-state index contributed by atoms with van der Waals surface area (Å²) in [5.74, 6) is 1.03. The monoisotopic (exact) mass is 362 g/mol. The number of aromatic nitrogens is 1. The van der Waals surface area contributed by atoms with E-state index in [2.05, 4.69) is 21.2 Å². The smallest absolute Gasteiger partial charge is 0.219 e. The Morgan fingerprint density at radius 1 is 1.28 bits per heavy atom. The Balaban J connectivity index is 1.54. The van der Waals surface area contributed by atoms with Crippen LogP contribution >= 0.6 is 11.3 Å². The summed E-state index contributed by atoms with van der Waals surface area (Å²) in [6, 6.07) is 6.09. The second-order valence-corrected chi connectivity index (χ2v) is 7.10. The van der Waals surface area contributed by atoms with Crippen molar-refractivity contribution in [3.05, 3.63) is 18.2 Å². The quantitative estimate of drug-likeness (QED) is 0.819. The highest BCUT2D eigenvalue weighted by Crippen LogP contribution is 2.31. The van der Waals surface area contributed by atoms with Gasteiger partial charge in [-0.05, 0) is 25.1 Å². The van der Waals surface area contributed by atoms with E-state index in [1.807, 2.05) is 26.0 Å². The van der Waals surface area contributed by atoms with Crippen molar-refractivity contribution in [2.24, 2.45) is 0 Å². The van der Waals surface area contributed by atoms with Gasteiger partial charge in [0, 0.05) is 45.7 Å². The number of hydrogen-bond acceptors (Lipinski definition) is 6. The number of ether oxygens (including phenoxy) is 1. The predicted octanol–water partition coefficient (Wildman–Crippen LogP) is 2.34. The minimum atomic E-state index is 0.125. The Hall–Kier alpha value is -1.86. The summed E-state index contributed by atoms with van der Waals surface area (Å²) in [7, 11) is 0. The molecule has 0 saturated carbocycles. The molecule has 6 nitrogen and oxygen atoms in total. The summed E-state index contributed by atoms with van der Waals surface area (Å²) in [5, 5.41) is 4.03. The highest BCUT2D eigenvalue weighted by Gasteiger charge is 2.19. The molecule has 0 bridgehead atoms. The summed E-state index contributed by atoms with van der Waals surface area (Å²) in [6.07, 6.45) is 0.552. The molecule has 1 fully saturated rings. The molecule has 0 radical (unpaired) electrons. The molecule has 0 aliphatic carbocycles. The number of amides is 1. The molecule has 0 spiro atoms. The Labute approximate surface area is 152 Å². The molecule has 1 amide bonds. The topological polar surface area (TPSA) is 57.7 Å². The Morgan fingerprint density at radius 3 is 2.80 bits per heavy atom. The molecule has 1 aromatic heterocycles. The number of carbonyl (C=O) groups excluding carboxylic acids is 1. The lowest BCUT2D eigenvalue weighted by Gasteiger charge is -2.34. The Bertz CT molecular complexity index is 710. The normalized spacial score (nSPS) is 15.5. The zero-order valence-electron chi connectivity index (χ0n) is 15.0. The number of nitrogens with zero attached hydrogens (tertiary/aromatic N) is 3. The number of rotatable bonds is 7. The van der Waals surface area contributed by atoms with E-state index < -0.39 is 0 Å². The predicted molar refractivity (Wildman–Crippen MR) is 103 cm³/mol. The van der Waals surface area contributed by atoms with E-state index in [9.17, 15) is 4.79 Å². The Kier molecular flexibility index (Phi) is 6.09. The van der Waals surface area contributed by atoms with Crippen molar-refractivity contribution in [1.29, 1.82) is 0 Å². The highest BCUT2D eigenvalue weighted by molar-refractivity contribution is 7.22. The molecule has 2 aromatic rings. The van der Waals surface area contributed by atoms with Crippen LogP contribution in [0.25, 0.3) is 10.2 Å². The van der Waals surface area contributed by atoms with Crippen LogP contribution in [0.1, 0.15) is 20.3 Å². The van der Waals surface area contributed by atoms with Gasteiger partial charge in [0.25, 0.3) is 0 Å². The molecule has 1 aliphatic rings. The Morgan fingerprint density at radius 2 is 2.08 bits per heavy atom. The van der Waals surface area contributed by atoms with Crippen molar-refractivity contribution in [2.45, 2.75) is 20.3 Å². The van der Waals surface area contributed by atoms with Gasteiger partial charge in [-0.25, -0.2) is 4.98 Å². The van der Waals surface area contributed by atoms with E-state index in [1.54, 1.807) is 11.3 Å². The summed E-state index contributed by atoms with van der Waals surface area (Å²) >= 11 is 1.73. The molecule has 2 heterocycles. The first-order valence-electron chi connectivity index (χ1n) is 8.97. The summed E-state index contributed by atoms with van der Waals surface area (Å²) in [4.78, 5) is 20.8. The molecule has 0 atom stereocenters. The van der Waals surface area contributed by atoms with Crippen LogP contribution in [0.15, 0.2) is 18.2 Å². The minimum Gasteiger partial charge on any atom is -0.494 e. The average Bonchev–Trinajstić information content (AvgIpc) is 3.05. The van der Waals surface area contributed by atoms with Crippen LogP contribution in [-0.4, -0.2) is 61.7 Å². The van der Waals surface area contributed by atoms with Crippen LogP contribution < -0.4 is 15.0 Å². The van der Waals surface area contributed by atoms with Crippen molar-refractivity contribution < 1.29 is 9.53 Å². The van der Waals surface area contributed by atoms with Gasteiger partial charge in [0.2, 0.25) is 5.91 Å². The zero-order valence-corrected chi connectivity index (χ0v) is 15.8. The van der Waals surface area contributed by atoms with E-state index in [4.69, 9.17) is 9.72 Å². The highest BCUT2D eigenvalue weighted by atomic mass is 32.1. The van der Waals surface area contributed by atoms with Crippen LogP contribution in [0.2, 0.25) is 0 Å². The third kappa shape index (κ3) is 4.61. The van der Waals surface area contributed by atoms with E-state index in [1.165, 1.54) is 4.70 Å². The maximum atomic E-state index is 11.3. The second-order valence-electron chi connectivity index (χ2n) is 6.09. The number of thiazole rings is 1. The van der Waals surface area contributed by atoms with Gasteiger partial charge < -0.3 is 15.0 Å². The van der Waals surface area contributed by atoms with Crippen LogP contribution in [0, 0.1) is 0 Å².